The summed E-state index contributed by atoms with van der Waals surface area (Å²) in [5.74, 6) is -0.0591. The van der Waals surface area contributed by atoms with Crippen molar-refractivity contribution < 1.29 is 4.79 Å². The zero-order chi connectivity index (χ0) is 20.9. The van der Waals surface area contributed by atoms with E-state index in [1.54, 1.807) is 6.20 Å². The Bertz CT molecular complexity index is 769. The van der Waals surface area contributed by atoms with Gasteiger partial charge < -0.3 is 15.5 Å². The van der Waals surface area contributed by atoms with Crippen LogP contribution < -0.4 is 15.5 Å². The van der Waals surface area contributed by atoms with Gasteiger partial charge in [0, 0.05) is 42.6 Å². The van der Waals surface area contributed by atoms with E-state index in [4.69, 9.17) is 0 Å². The van der Waals surface area contributed by atoms with E-state index in [0.29, 0.717) is 17.6 Å². The summed E-state index contributed by atoms with van der Waals surface area (Å²) in [6.07, 6.45) is 11.8. The van der Waals surface area contributed by atoms with Crippen LogP contribution >= 0.6 is 0 Å². The van der Waals surface area contributed by atoms with Crippen molar-refractivity contribution in [3.8, 4) is 0 Å². The van der Waals surface area contributed by atoms with Crippen LogP contribution in [0.25, 0.3) is 6.08 Å². The Balaban J connectivity index is 1.99. The van der Waals surface area contributed by atoms with Crippen LogP contribution in [-0.4, -0.2) is 55.4 Å². The largest absolute Gasteiger partial charge is 0.370 e. The molecule has 2 heterocycles. The molecule has 6 nitrogen and oxygen atoms in total. The molecule has 2 aliphatic rings. The quantitative estimate of drug-likeness (QED) is 0.722. The number of hydrogen-bond acceptors (Lipinski definition) is 5. The molecule has 1 saturated carbocycles. The van der Waals surface area contributed by atoms with E-state index in [1.807, 2.05) is 26.8 Å². The third-order valence-corrected chi connectivity index (χ3v) is 6.06. The van der Waals surface area contributed by atoms with Gasteiger partial charge in [-0.05, 0) is 66.1 Å². The summed E-state index contributed by atoms with van der Waals surface area (Å²) < 4.78 is 0. The Morgan fingerprint density at radius 3 is 2.86 bits per heavy atom. The number of aliphatic imine (C=N–C) groups is 1. The lowest BCUT2D eigenvalue weighted by molar-refractivity contribution is 0.0956. The van der Waals surface area contributed by atoms with Gasteiger partial charge in [0.05, 0.1) is 17.3 Å². The molecule has 158 valence electrons. The van der Waals surface area contributed by atoms with E-state index in [1.165, 1.54) is 19.3 Å². The van der Waals surface area contributed by atoms with Gasteiger partial charge in [-0.2, -0.15) is 0 Å². The van der Waals surface area contributed by atoms with Gasteiger partial charge >= 0.3 is 0 Å². The number of carbonyl (C=O) groups is 1. The van der Waals surface area contributed by atoms with Crippen LogP contribution in [0.4, 0.5) is 5.69 Å². The van der Waals surface area contributed by atoms with Crippen molar-refractivity contribution in [3.63, 3.8) is 0 Å². The number of amides is 1. The summed E-state index contributed by atoms with van der Waals surface area (Å²) in [6.45, 7) is 13.1. The minimum Gasteiger partial charge on any atom is -0.370 e. The molecule has 2 fully saturated rings. The highest BCUT2D eigenvalue weighted by atomic mass is 16.1. The van der Waals surface area contributed by atoms with Crippen LogP contribution in [0.2, 0.25) is 0 Å². The lowest BCUT2D eigenvalue weighted by Gasteiger charge is -2.29. The predicted octanol–water partition coefficient (Wildman–Crippen LogP) is 3.35. The summed E-state index contributed by atoms with van der Waals surface area (Å²) in [4.78, 5) is 23.9. The molecular formula is C23H35N5O. The average Bonchev–Trinajstić information content (AvgIpc) is 3.45. The fourth-order valence-corrected chi connectivity index (χ4v) is 4.10. The highest BCUT2D eigenvalue weighted by molar-refractivity contribution is 6.01. The van der Waals surface area contributed by atoms with Crippen LogP contribution in [0.1, 0.15) is 67.6 Å². The highest BCUT2D eigenvalue weighted by Gasteiger charge is 2.41. The Labute approximate surface area is 174 Å². The number of anilines is 1. The third kappa shape index (κ3) is 5.24. The fourth-order valence-electron chi connectivity index (χ4n) is 4.10. The molecule has 3 rings (SSSR count). The van der Waals surface area contributed by atoms with Crippen LogP contribution in [0.5, 0.6) is 0 Å². The lowest BCUT2D eigenvalue weighted by atomic mass is 10.0. The van der Waals surface area contributed by atoms with Crippen LogP contribution in [0.15, 0.2) is 17.3 Å². The molecule has 1 spiro atoms. The Morgan fingerprint density at radius 2 is 2.17 bits per heavy atom. The summed E-state index contributed by atoms with van der Waals surface area (Å²) in [6, 6.07) is 0.0184. The summed E-state index contributed by atoms with van der Waals surface area (Å²) in [7, 11) is 0. The number of rotatable bonds is 6. The molecule has 1 atom stereocenters. The molecule has 1 unspecified atom stereocenters. The van der Waals surface area contributed by atoms with Gasteiger partial charge in [0.1, 0.15) is 0 Å². The van der Waals surface area contributed by atoms with E-state index in [9.17, 15) is 4.79 Å². The van der Waals surface area contributed by atoms with Gasteiger partial charge in [0.25, 0.3) is 5.91 Å². The van der Waals surface area contributed by atoms with E-state index < -0.39 is 0 Å². The predicted molar refractivity (Wildman–Crippen MR) is 121 cm³/mol. The first kappa shape index (κ1) is 21.5. The molecule has 1 saturated heterocycles. The molecular weight excluding hydrogens is 362 g/mol. The van der Waals surface area contributed by atoms with Crippen molar-refractivity contribution in [2.75, 3.05) is 31.1 Å². The maximum Gasteiger partial charge on any atom is 0.254 e. The Kier molecular flexibility index (Phi) is 7.06. The molecule has 6 heteroatoms. The van der Waals surface area contributed by atoms with Gasteiger partial charge in [-0.1, -0.05) is 12.2 Å². The summed E-state index contributed by atoms with van der Waals surface area (Å²) in [5.41, 5.74) is 3.99. The molecule has 1 amide bonds. The van der Waals surface area contributed by atoms with Gasteiger partial charge in [0.15, 0.2) is 0 Å². The van der Waals surface area contributed by atoms with Gasteiger partial charge in [0.2, 0.25) is 0 Å². The van der Waals surface area contributed by atoms with Gasteiger partial charge in [-0.15, -0.1) is 0 Å². The second-order valence-corrected chi connectivity index (χ2v) is 8.31. The summed E-state index contributed by atoms with van der Waals surface area (Å²) >= 11 is 0. The maximum atomic E-state index is 12.9. The number of carbonyl (C=O) groups excluding carboxylic acids is 1. The Morgan fingerprint density at radius 1 is 1.41 bits per heavy atom. The standard InChI is InChI=1S/C23H35N5O/c1-5-25-22(29)20-16-26-18(3)19(9-8-17(2)24-4)21(20)28-14-6-10-23(11-12-23)27-13-7-15-28/h8-9,16-17,27H,4-7,10-15H2,1-3H3,(H,25,29). The number of pyridine rings is 1. The first-order valence-corrected chi connectivity index (χ1v) is 10.9. The average molecular weight is 398 g/mol. The minimum absolute atomic E-state index is 0.0184. The zero-order valence-electron chi connectivity index (χ0n) is 18.1. The topological polar surface area (TPSA) is 69.6 Å². The lowest BCUT2D eigenvalue weighted by Crippen LogP contribution is -2.32. The van der Waals surface area contributed by atoms with Crippen molar-refractivity contribution in [2.24, 2.45) is 4.99 Å². The fraction of sp³-hybridized carbons (Fsp3) is 0.609. The van der Waals surface area contributed by atoms with E-state index in [-0.39, 0.29) is 11.9 Å². The monoisotopic (exact) mass is 397 g/mol. The molecule has 0 bridgehead atoms. The van der Waals surface area contributed by atoms with Crippen molar-refractivity contribution in [3.05, 3.63) is 29.1 Å². The highest BCUT2D eigenvalue weighted by Crippen LogP contribution is 2.40. The Hall–Kier alpha value is -2.21. The van der Waals surface area contributed by atoms with Crippen molar-refractivity contribution in [1.82, 2.24) is 15.6 Å². The number of aryl methyl sites for hydroxylation is 1. The number of nitrogens with zero attached hydrogens (tertiary/aromatic N) is 3. The van der Waals surface area contributed by atoms with Crippen molar-refractivity contribution >= 4 is 24.4 Å². The smallest absolute Gasteiger partial charge is 0.254 e. The number of aromatic nitrogens is 1. The van der Waals surface area contributed by atoms with Crippen LogP contribution in [0, 0.1) is 6.92 Å². The summed E-state index contributed by atoms with van der Waals surface area (Å²) in [5, 5.41) is 6.72. The van der Waals surface area contributed by atoms with Gasteiger partial charge in [-0.3, -0.25) is 14.8 Å². The molecule has 1 aliphatic heterocycles. The molecule has 1 aromatic rings. The molecule has 1 aliphatic carbocycles. The molecule has 29 heavy (non-hydrogen) atoms. The normalized spacial score (nSPS) is 20.0. The maximum absolute atomic E-state index is 12.9. The van der Waals surface area contributed by atoms with E-state index in [0.717, 1.165) is 49.4 Å². The molecule has 0 radical (unpaired) electrons. The molecule has 0 aromatic carbocycles. The third-order valence-electron chi connectivity index (χ3n) is 6.06. The second kappa shape index (κ2) is 9.53. The first-order valence-electron chi connectivity index (χ1n) is 10.9. The number of hydrogen-bond donors (Lipinski definition) is 2. The minimum atomic E-state index is -0.0591. The molecule has 1 aromatic heterocycles. The molecule has 2 N–H and O–H groups in total. The van der Waals surface area contributed by atoms with Crippen LogP contribution in [-0.2, 0) is 0 Å². The zero-order valence-corrected chi connectivity index (χ0v) is 18.1. The van der Waals surface area contributed by atoms with Gasteiger partial charge in [-0.25, -0.2) is 0 Å². The number of nitrogens with one attached hydrogen (secondary N) is 2. The second-order valence-electron chi connectivity index (χ2n) is 8.31. The van der Waals surface area contributed by atoms with Crippen molar-refractivity contribution in [2.45, 2.75) is 64.5 Å². The first-order chi connectivity index (χ1) is 14.0. The SMILES string of the molecule is C=NC(C)C=Cc1c(C)ncc(C(=O)NCC)c1N1CCCNC2(CCC1)CC2. The van der Waals surface area contributed by atoms with E-state index >= 15 is 0 Å². The van der Waals surface area contributed by atoms with E-state index in [2.05, 4.69) is 38.3 Å². The van der Waals surface area contributed by atoms with Crippen LogP contribution in [0.3, 0.4) is 0 Å². The van der Waals surface area contributed by atoms with Crippen molar-refractivity contribution in [1.29, 1.82) is 0 Å².